The molecule has 2 atom stereocenters. The highest BCUT2D eigenvalue weighted by molar-refractivity contribution is 14.1. The van der Waals surface area contributed by atoms with E-state index in [9.17, 15) is 0 Å². The highest BCUT2D eigenvalue weighted by atomic mass is 127. The lowest BCUT2D eigenvalue weighted by Gasteiger charge is -2.32. The summed E-state index contributed by atoms with van der Waals surface area (Å²) in [5.41, 5.74) is -0.434. The Morgan fingerprint density at radius 2 is 1.86 bits per heavy atom. The highest BCUT2D eigenvalue weighted by Crippen LogP contribution is 2.21. The summed E-state index contributed by atoms with van der Waals surface area (Å²) >= 11 is 8.15. The van der Waals surface area contributed by atoms with Gasteiger partial charge < -0.3 is 9.47 Å². The maximum absolute atomic E-state index is 5.85. The Labute approximate surface area is 106 Å². The first-order valence-electron chi connectivity index (χ1n) is 4.76. The van der Waals surface area contributed by atoms with Crippen molar-refractivity contribution in [3.8, 4) is 0 Å². The SMILES string of the molecule is CCC(C)(COC(C)(CCl)CI)OC. The second kappa shape index (κ2) is 6.51. The number of rotatable bonds is 7. The smallest absolute Gasteiger partial charge is 0.0880 e. The molecule has 0 saturated carbocycles. The topological polar surface area (TPSA) is 18.5 Å². The van der Waals surface area contributed by atoms with E-state index in [0.717, 1.165) is 10.8 Å². The average molecular weight is 335 g/mol. The van der Waals surface area contributed by atoms with Gasteiger partial charge in [0, 0.05) is 11.5 Å². The molecular formula is C10H20ClIO2. The first-order valence-corrected chi connectivity index (χ1v) is 6.82. The second-order valence-electron chi connectivity index (χ2n) is 4.01. The van der Waals surface area contributed by atoms with Gasteiger partial charge in [0.15, 0.2) is 0 Å². The molecule has 0 N–H and O–H groups in total. The summed E-state index contributed by atoms with van der Waals surface area (Å²) in [6, 6.07) is 0. The zero-order valence-electron chi connectivity index (χ0n) is 9.40. The zero-order valence-corrected chi connectivity index (χ0v) is 12.3. The van der Waals surface area contributed by atoms with Crippen molar-refractivity contribution in [1.82, 2.24) is 0 Å². The van der Waals surface area contributed by atoms with Crippen molar-refractivity contribution in [2.24, 2.45) is 0 Å². The maximum Gasteiger partial charge on any atom is 0.0880 e. The Morgan fingerprint density at radius 1 is 1.29 bits per heavy atom. The molecule has 14 heavy (non-hydrogen) atoms. The van der Waals surface area contributed by atoms with Crippen LogP contribution in [-0.4, -0.2) is 35.2 Å². The van der Waals surface area contributed by atoms with Crippen LogP contribution in [0.15, 0.2) is 0 Å². The van der Waals surface area contributed by atoms with E-state index in [4.69, 9.17) is 21.1 Å². The van der Waals surface area contributed by atoms with Gasteiger partial charge in [0.05, 0.1) is 23.7 Å². The molecule has 0 bridgehead atoms. The van der Waals surface area contributed by atoms with Crippen LogP contribution in [0.5, 0.6) is 0 Å². The van der Waals surface area contributed by atoms with Crippen molar-refractivity contribution in [3.63, 3.8) is 0 Å². The molecule has 0 heterocycles. The van der Waals surface area contributed by atoms with Crippen molar-refractivity contribution in [3.05, 3.63) is 0 Å². The van der Waals surface area contributed by atoms with E-state index in [-0.39, 0.29) is 11.2 Å². The van der Waals surface area contributed by atoms with Crippen molar-refractivity contribution < 1.29 is 9.47 Å². The van der Waals surface area contributed by atoms with Crippen LogP contribution in [0.25, 0.3) is 0 Å². The van der Waals surface area contributed by atoms with Gasteiger partial charge in [0.2, 0.25) is 0 Å². The van der Waals surface area contributed by atoms with Gasteiger partial charge in [-0.3, -0.25) is 0 Å². The summed E-state index contributed by atoms with van der Waals surface area (Å²) in [6.45, 7) is 6.76. The minimum absolute atomic E-state index is 0.195. The van der Waals surface area contributed by atoms with Crippen LogP contribution in [0.4, 0.5) is 0 Å². The number of hydrogen-bond acceptors (Lipinski definition) is 2. The third-order valence-corrected chi connectivity index (χ3v) is 4.71. The predicted molar refractivity (Wildman–Crippen MR) is 69.7 cm³/mol. The molecule has 0 radical (unpaired) electrons. The Morgan fingerprint density at radius 3 is 2.14 bits per heavy atom. The molecule has 0 amide bonds. The number of ether oxygens (including phenoxy) is 2. The fourth-order valence-corrected chi connectivity index (χ4v) is 1.73. The molecular weight excluding hydrogens is 314 g/mol. The van der Waals surface area contributed by atoms with Crippen LogP contribution in [-0.2, 0) is 9.47 Å². The maximum atomic E-state index is 5.85. The molecule has 86 valence electrons. The molecule has 0 aromatic carbocycles. The van der Waals surface area contributed by atoms with E-state index in [1.807, 2.05) is 6.92 Å². The molecule has 2 unspecified atom stereocenters. The molecule has 0 aromatic heterocycles. The number of halogens is 2. The lowest BCUT2D eigenvalue weighted by atomic mass is 10.0. The molecule has 0 rings (SSSR count). The normalized spacial score (nSPS) is 20.1. The van der Waals surface area contributed by atoms with Crippen LogP contribution in [0.3, 0.4) is 0 Å². The minimum atomic E-state index is -0.239. The quantitative estimate of drug-likeness (QED) is 0.525. The third-order valence-electron chi connectivity index (χ3n) is 2.53. The average Bonchev–Trinajstić information content (AvgIpc) is 2.25. The van der Waals surface area contributed by atoms with Gasteiger partial charge in [-0.15, -0.1) is 11.6 Å². The standard InChI is InChI=1S/C10H20ClIO2/c1-5-9(2,13-4)8-14-10(3,6-11)7-12/h5-8H2,1-4H3. The summed E-state index contributed by atoms with van der Waals surface area (Å²) < 4.78 is 12.1. The lowest BCUT2D eigenvalue weighted by molar-refractivity contribution is -0.105. The van der Waals surface area contributed by atoms with Crippen LogP contribution in [0.1, 0.15) is 27.2 Å². The van der Waals surface area contributed by atoms with E-state index < -0.39 is 0 Å². The molecule has 0 spiro atoms. The van der Waals surface area contributed by atoms with Crippen LogP contribution >= 0.6 is 34.2 Å². The van der Waals surface area contributed by atoms with Crippen LogP contribution in [0, 0.1) is 0 Å². The van der Waals surface area contributed by atoms with Gasteiger partial charge in [0.25, 0.3) is 0 Å². The van der Waals surface area contributed by atoms with Crippen molar-refractivity contribution in [1.29, 1.82) is 0 Å². The van der Waals surface area contributed by atoms with Gasteiger partial charge in [-0.1, -0.05) is 29.5 Å². The third kappa shape index (κ3) is 4.64. The van der Waals surface area contributed by atoms with E-state index in [0.29, 0.717) is 12.5 Å². The highest BCUT2D eigenvalue weighted by Gasteiger charge is 2.28. The predicted octanol–water partition coefficient (Wildman–Crippen LogP) is 3.25. The summed E-state index contributed by atoms with van der Waals surface area (Å²) in [6.07, 6.45) is 0.934. The Bertz CT molecular complexity index is 138. The van der Waals surface area contributed by atoms with Crippen molar-refractivity contribution in [2.75, 3.05) is 24.0 Å². The van der Waals surface area contributed by atoms with Crippen molar-refractivity contribution in [2.45, 2.75) is 38.4 Å². The Kier molecular flexibility index (Phi) is 6.94. The van der Waals surface area contributed by atoms with Crippen molar-refractivity contribution >= 4 is 34.2 Å². The lowest BCUT2D eigenvalue weighted by Crippen LogP contribution is -2.41. The van der Waals surface area contributed by atoms with Gasteiger partial charge in [-0.2, -0.15) is 0 Å². The summed E-state index contributed by atoms with van der Waals surface area (Å²) in [5.74, 6) is 0.513. The molecule has 0 aliphatic carbocycles. The van der Waals surface area contributed by atoms with Gasteiger partial charge in [-0.05, 0) is 20.3 Å². The number of methoxy groups -OCH3 is 1. The van der Waals surface area contributed by atoms with Gasteiger partial charge >= 0.3 is 0 Å². The molecule has 2 nitrogen and oxygen atoms in total. The fraction of sp³-hybridized carbons (Fsp3) is 1.00. The molecule has 0 fully saturated rings. The van der Waals surface area contributed by atoms with E-state index in [1.54, 1.807) is 7.11 Å². The van der Waals surface area contributed by atoms with Crippen LogP contribution in [0.2, 0.25) is 0 Å². The zero-order chi connectivity index (χ0) is 11.2. The first-order chi connectivity index (χ1) is 6.45. The fourth-order valence-electron chi connectivity index (χ4n) is 0.745. The van der Waals surface area contributed by atoms with E-state index in [2.05, 4.69) is 36.4 Å². The number of hydrogen-bond donors (Lipinski definition) is 0. The first kappa shape index (κ1) is 14.9. The molecule has 0 aliphatic rings. The number of alkyl halides is 2. The Hall–Kier alpha value is 0.940. The second-order valence-corrected chi connectivity index (χ2v) is 5.04. The van der Waals surface area contributed by atoms with Gasteiger partial charge in [-0.25, -0.2) is 0 Å². The van der Waals surface area contributed by atoms with Crippen LogP contribution < -0.4 is 0 Å². The minimum Gasteiger partial charge on any atom is -0.376 e. The molecule has 0 aliphatic heterocycles. The van der Waals surface area contributed by atoms with Gasteiger partial charge in [0.1, 0.15) is 0 Å². The largest absolute Gasteiger partial charge is 0.376 e. The van der Waals surface area contributed by atoms with E-state index in [1.165, 1.54) is 0 Å². The summed E-state index contributed by atoms with van der Waals surface area (Å²) in [7, 11) is 1.72. The summed E-state index contributed by atoms with van der Waals surface area (Å²) in [4.78, 5) is 0. The molecule has 4 heteroatoms. The monoisotopic (exact) mass is 334 g/mol. The summed E-state index contributed by atoms with van der Waals surface area (Å²) in [5, 5.41) is 0. The molecule has 0 aromatic rings. The molecule has 0 saturated heterocycles. The Balaban J connectivity index is 4.14. The van der Waals surface area contributed by atoms with E-state index >= 15 is 0 Å².